The monoisotopic (exact) mass is 429 g/mol. The summed E-state index contributed by atoms with van der Waals surface area (Å²) in [6.45, 7) is 4.41. The van der Waals surface area contributed by atoms with Crippen molar-refractivity contribution in [3.63, 3.8) is 0 Å². The molecule has 0 saturated carbocycles. The van der Waals surface area contributed by atoms with E-state index in [-0.39, 0.29) is 11.9 Å². The van der Waals surface area contributed by atoms with Gasteiger partial charge in [-0.15, -0.1) is 0 Å². The molecule has 5 heteroatoms. The van der Waals surface area contributed by atoms with Gasteiger partial charge in [0.15, 0.2) is 0 Å². The summed E-state index contributed by atoms with van der Waals surface area (Å²) in [6.07, 6.45) is 3.85. The van der Waals surface area contributed by atoms with Crippen LogP contribution in [0.25, 0.3) is 6.08 Å². The maximum atomic E-state index is 13.3. The van der Waals surface area contributed by atoms with Crippen LogP contribution in [-0.2, 0) is 4.74 Å². The van der Waals surface area contributed by atoms with E-state index in [1.807, 2.05) is 67.6 Å². The van der Waals surface area contributed by atoms with Crippen molar-refractivity contribution >= 4 is 23.6 Å². The maximum absolute atomic E-state index is 13.3. The standard InChI is InChI=1S/C27H27NO4/c1-4-32-27(30)23-15-17-24(18-16-23)28(26(29)22-13-11-20(2)12-14-22)19-7-9-21-8-5-6-10-25(21)31-3/h5-18H,4,19H2,1-3H3/b9-7+. The molecule has 0 spiro atoms. The first-order valence-electron chi connectivity index (χ1n) is 10.5. The number of esters is 1. The largest absolute Gasteiger partial charge is 0.496 e. The Labute approximate surface area is 188 Å². The number of aryl methyl sites for hydroxylation is 1. The van der Waals surface area contributed by atoms with E-state index in [0.717, 1.165) is 16.9 Å². The molecule has 3 rings (SSSR count). The first-order valence-corrected chi connectivity index (χ1v) is 10.5. The van der Waals surface area contributed by atoms with E-state index in [1.54, 1.807) is 43.2 Å². The average molecular weight is 430 g/mol. The first kappa shape index (κ1) is 22.8. The van der Waals surface area contributed by atoms with Crippen molar-refractivity contribution in [2.45, 2.75) is 13.8 Å². The molecular formula is C27H27NO4. The van der Waals surface area contributed by atoms with Gasteiger partial charge < -0.3 is 14.4 Å². The second kappa shape index (κ2) is 11.0. The summed E-state index contributed by atoms with van der Waals surface area (Å²) in [4.78, 5) is 27.0. The zero-order chi connectivity index (χ0) is 22.9. The summed E-state index contributed by atoms with van der Waals surface area (Å²) >= 11 is 0. The molecule has 0 bridgehead atoms. The lowest BCUT2D eigenvalue weighted by Crippen LogP contribution is -2.31. The Bertz CT molecular complexity index is 1090. The Morgan fingerprint density at radius 1 is 0.906 bits per heavy atom. The molecule has 0 unspecified atom stereocenters. The van der Waals surface area contributed by atoms with Gasteiger partial charge in [0.25, 0.3) is 5.91 Å². The highest BCUT2D eigenvalue weighted by molar-refractivity contribution is 6.06. The topological polar surface area (TPSA) is 55.8 Å². The number of methoxy groups -OCH3 is 1. The smallest absolute Gasteiger partial charge is 0.338 e. The number of benzene rings is 3. The fraction of sp³-hybridized carbons (Fsp3) is 0.185. The fourth-order valence-electron chi connectivity index (χ4n) is 3.24. The van der Waals surface area contributed by atoms with Crippen molar-refractivity contribution in [3.05, 3.63) is 101 Å². The Hall–Kier alpha value is -3.86. The number of carbonyl (C=O) groups excluding carboxylic acids is 2. The molecule has 0 saturated heterocycles. The van der Waals surface area contributed by atoms with E-state index < -0.39 is 0 Å². The van der Waals surface area contributed by atoms with Gasteiger partial charge in [0.05, 0.1) is 19.3 Å². The Balaban J connectivity index is 1.88. The second-order valence-electron chi connectivity index (χ2n) is 7.19. The summed E-state index contributed by atoms with van der Waals surface area (Å²) in [5.74, 6) is 0.254. The van der Waals surface area contributed by atoms with Crippen LogP contribution in [0.3, 0.4) is 0 Å². The highest BCUT2D eigenvalue weighted by Gasteiger charge is 2.17. The number of nitrogens with zero attached hydrogens (tertiary/aromatic N) is 1. The van der Waals surface area contributed by atoms with Crippen molar-refractivity contribution in [1.82, 2.24) is 0 Å². The molecule has 0 N–H and O–H groups in total. The number of para-hydroxylation sites is 1. The molecule has 0 fully saturated rings. The highest BCUT2D eigenvalue weighted by atomic mass is 16.5. The number of amides is 1. The van der Waals surface area contributed by atoms with Crippen molar-refractivity contribution < 1.29 is 19.1 Å². The molecule has 0 aromatic heterocycles. The lowest BCUT2D eigenvalue weighted by molar-refractivity contribution is 0.0526. The zero-order valence-corrected chi connectivity index (χ0v) is 18.6. The van der Waals surface area contributed by atoms with Gasteiger partial charge in [-0.3, -0.25) is 4.79 Å². The van der Waals surface area contributed by atoms with Crippen molar-refractivity contribution in [2.24, 2.45) is 0 Å². The Morgan fingerprint density at radius 3 is 2.22 bits per heavy atom. The molecule has 0 heterocycles. The summed E-state index contributed by atoms with van der Waals surface area (Å²) in [7, 11) is 1.63. The summed E-state index contributed by atoms with van der Waals surface area (Å²) in [5, 5.41) is 0. The van der Waals surface area contributed by atoms with Gasteiger partial charge in [0.1, 0.15) is 5.75 Å². The number of anilines is 1. The van der Waals surface area contributed by atoms with Crippen LogP contribution >= 0.6 is 0 Å². The van der Waals surface area contributed by atoms with Crippen LogP contribution < -0.4 is 9.64 Å². The van der Waals surface area contributed by atoms with E-state index in [4.69, 9.17) is 9.47 Å². The minimum Gasteiger partial charge on any atom is -0.496 e. The molecule has 0 radical (unpaired) electrons. The number of carbonyl (C=O) groups is 2. The second-order valence-corrected chi connectivity index (χ2v) is 7.19. The minimum absolute atomic E-state index is 0.126. The van der Waals surface area contributed by atoms with E-state index in [9.17, 15) is 9.59 Å². The first-order chi connectivity index (χ1) is 15.5. The van der Waals surface area contributed by atoms with Gasteiger partial charge >= 0.3 is 5.97 Å². The zero-order valence-electron chi connectivity index (χ0n) is 18.6. The molecule has 164 valence electrons. The van der Waals surface area contributed by atoms with E-state index in [1.165, 1.54) is 0 Å². The summed E-state index contributed by atoms with van der Waals surface area (Å²) in [6, 6.07) is 22.0. The van der Waals surface area contributed by atoms with Crippen LogP contribution in [0.15, 0.2) is 78.9 Å². The molecule has 32 heavy (non-hydrogen) atoms. The summed E-state index contributed by atoms with van der Waals surface area (Å²) < 4.78 is 10.4. The summed E-state index contributed by atoms with van der Waals surface area (Å²) in [5.41, 5.74) is 3.74. The molecule has 0 aliphatic rings. The van der Waals surface area contributed by atoms with Gasteiger partial charge in [-0.2, -0.15) is 0 Å². The van der Waals surface area contributed by atoms with Crippen LogP contribution in [0.4, 0.5) is 5.69 Å². The van der Waals surface area contributed by atoms with Crippen molar-refractivity contribution in [2.75, 3.05) is 25.2 Å². The van der Waals surface area contributed by atoms with Crippen LogP contribution in [0.5, 0.6) is 5.75 Å². The molecule has 1 amide bonds. The minimum atomic E-state index is -0.383. The number of ether oxygens (including phenoxy) is 2. The average Bonchev–Trinajstić information content (AvgIpc) is 2.82. The lowest BCUT2D eigenvalue weighted by Gasteiger charge is -2.22. The Kier molecular flexibility index (Phi) is 7.81. The predicted molar refractivity (Wildman–Crippen MR) is 127 cm³/mol. The quantitative estimate of drug-likeness (QED) is 0.441. The van der Waals surface area contributed by atoms with E-state index in [0.29, 0.717) is 30.0 Å². The van der Waals surface area contributed by atoms with Crippen LogP contribution in [-0.4, -0.2) is 32.1 Å². The molecule has 0 aliphatic heterocycles. The van der Waals surface area contributed by atoms with Crippen LogP contribution in [0.1, 0.15) is 38.8 Å². The Morgan fingerprint density at radius 2 is 1.56 bits per heavy atom. The molecule has 3 aromatic carbocycles. The lowest BCUT2D eigenvalue weighted by atomic mass is 10.1. The predicted octanol–water partition coefficient (Wildman–Crippen LogP) is 5.54. The van der Waals surface area contributed by atoms with Gasteiger partial charge in [-0.1, -0.05) is 48.0 Å². The SMILES string of the molecule is CCOC(=O)c1ccc(N(C/C=C/c2ccccc2OC)C(=O)c2ccc(C)cc2)cc1. The van der Waals surface area contributed by atoms with Crippen molar-refractivity contribution in [3.8, 4) is 5.75 Å². The van der Waals surface area contributed by atoms with Gasteiger partial charge in [-0.05, 0) is 56.3 Å². The van der Waals surface area contributed by atoms with E-state index in [2.05, 4.69) is 0 Å². The van der Waals surface area contributed by atoms with Gasteiger partial charge in [0.2, 0.25) is 0 Å². The fourth-order valence-corrected chi connectivity index (χ4v) is 3.24. The van der Waals surface area contributed by atoms with Crippen LogP contribution in [0.2, 0.25) is 0 Å². The molecule has 0 atom stereocenters. The molecule has 0 aliphatic carbocycles. The molecule has 3 aromatic rings. The number of rotatable bonds is 8. The third kappa shape index (κ3) is 5.64. The molecule has 5 nitrogen and oxygen atoms in total. The normalized spacial score (nSPS) is 10.7. The van der Waals surface area contributed by atoms with Gasteiger partial charge in [0, 0.05) is 23.4 Å². The third-order valence-corrected chi connectivity index (χ3v) is 4.96. The number of hydrogen-bond acceptors (Lipinski definition) is 4. The number of hydrogen-bond donors (Lipinski definition) is 0. The van der Waals surface area contributed by atoms with Gasteiger partial charge in [-0.25, -0.2) is 4.79 Å². The van der Waals surface area contributed by atoms with Crippen LogP contribution in [0, 0.1) is 6.92 Å². The highest BCUT2D eigenvalue weighted by Crippen LogP contribution is 2.21. The molecular weight excluding hydrogens is 402 g/mol. The third-order valence-electron chi connectivity index (χ3n) is 4.96. The maximum Gasteiger partial charge on any atom is 0.338 e. The van der Waals surface area contributed by atoms with E-state index >= 15 is 0 Å². The van der Waals surface area contributed by atoms with Crippen molar-refractivity contribution in [1.29, 1.82) is 0 Å².